The predicted molar refractivity (Wildman–Crippen MR) is 115 cm³/mol. The molecule has 0 bridgehead atoms. The van der Waals surface area contributed by atoms with E-state index in [2.05, 4.69) is 20.2 Å². The Morgan fingerprint density at radius 1 is 1.06 bits per heavy atom. The molecular formula is C23H23F2N5O. The minimum absolute atomic E-state index is 0.127. The van der Waals surface area contributed by atoms with Gasteiger partial charge in [0.15, 0.2) is 0 Å². The standard InChI is InChI=1S/C23H23F2N5O/c24-16-6-4-15(5-7-16)19-13-27-23(26)29-22(19)20-3-1-2-12-30(20)14-21(31)28-18-10-8-17(25)9-11-18/h4-11,13,20H,1-3,12,14H2,(H,28,31)(H2,26,27,29). The molecule has 3 aromatic rings. The second-order valence-electron chi connectivity index (χ2n) is 7.57. The van der Waals surface area contributed by atoms with E-state index in [1.807, 2.05) is 0 Å². The van der Waals surface area contributed by atoms with Gasteiger partial charge in [-0.3, -0.25) is 9.69 Å². The fourth-order valence-electron chi connectivity index (χ4n) is 3.92. The van der Waals surface area contributed by atoms with Crippen LogP contribution >= 0.6 is 0 Å². The van der Waals surface area contributed by atoms with Gasteiger partial charge in [0.25, 0.3) is 0 Å². The van der Waals surface area contributed by atoms with Gasteiger partial charge in [-0.15, -0.1) is 0 Å². The number of aromatic nitrogens is 2. The van der Waals surface area contributed by atoms with Gasteiger partial charge in [0.1, 0.15) is 11.6 Å². The molecule has 6 nitrogen and oxygen atoms in total. The molecule has 1 fully saturated rings. The number of piperidine rings is 1. The van der Waals surface area contributed by atoms with Crippen molar-refractivity contribution >= 4 is 17.5 Å². The number of nitrogens with one attached hydrogen (secondary N) is 1. The van der Waals surface area contributed by atoms with E-state index >= 15 is 0 Å². The van der Waals surface area contributed by atoms with Gasteiger partial charge in [-0.25, -0.2) is 18.7 Å². The number of anilines is 2. The molecule has 1 atom stereocenters. The molecular weight excluding hydrogens is 400 g/mol. The Balaban J connectivity index is 1.58. The molecule has 0 saturated carbocycles. The van der Waals surface area contributed by atoms with Crippen LogP contribution in [-0.2, 0) is 4.79 Å². The van der Waals surface area contributed by atoms with Crippen molar-refractivity contribution in [2.75, 3.05) is 24.1 Å². The Morgan fingerprint density at radius 3 is 2.45 bits per heavy atom. The molecule has 0 spiro atoms. The molecule has 2 aromatic carbocycles. The zero-order valence-electron chi connectivity index (χ0n) is 16.9. The molecule has 4 rings (SSSR count). The zero-order valence-corrected chi connectivity index (χ0v) is 16.9. The maximum atomic E-state index is 13.4. The number of rotatable bonds is 5. The summed E-state index contributed by atoms with van der Waals surface area (Å²) in [6, 6.07) is 11.7. The van der Waals surface area contributed by atoms with Crippen molar-refractivity contribution in [3.05, 3.63) is 72.1 Å². The lowest BCUT2D eigenvalue weighted by molar-refractivity contribution is -0.118. The number of halogens is 2. The van der Waals surface area contributed by atoms with Crippen LogP contribution in [0.15, 0.2) is 54.7 Å². The molecule has 3 N–H and O–H groups in total. The van der Waals surface area contributed by atoms with Gasteiger partial charge in [-0.05, 0) is 61.3 Å². The highest BCUT2D eigenvalue weighted by Gasteiger charge is 2.29. The summed E-state index contributed by atoms with van der Waals surface area (Å²) in [5, 5.41) is 2.81. The number of carbonyl (C=O) groups excluding carboxylic acids is 1. The summed E-state index contributed by atoms with van der Waals surface area (Å²) in [6.45, 7) is 0.892. The minimum atomic E-state index is -0.358. The predicted octanol–water partition coefficient (Wildman–Crippen LogP) is 4.17. The fraction of sp³-hybridized carbons (Fsp3) is 0.261. The molecule has 1 aliphatic heterocycles. The van der Waals surface area contributed by atoms with Crippen LogP contribution in [0.1, 0.15) is 31.0 Å². The van der Waals surface area contributed by atoms with Crippen molar-refractivity contribution in [1.29, 1.82) is 0 Å². The first-order valence-corrected chi connectivity index (χ1v) is 10.2. The normalized spacial score (nSPS) is 16.8. The average molecular weight is 423 g/mol. The lowest BCUT2D eigenvalue weighted by Gasteiger charge is -2.35. The molecule has 0 radical (unpaired) electrons. The minimum Gasteiger partial charge on any atom is -0.368 e. The van der Waals surface area contributed by atoms with Crippen LogP contribution in [0.5, 0.6) is 0 Å². The topological polar surface area (TPSA) is 84.1 Å². The summed E-state index contributed by atoms with van der Waals surface area (Å²) in [4.78, 5) is 23.4. The van der Waals surface area contributed by atoms with E-state index in [1.165, 1.54) is 36.4 Å². The van der Waals surface area contributed by atoms with Crippen molar-refractivity contribution in [2.24, 2.45) is 0 Å². The van der Waals surface area contributed by atoms with E-state index in [1.54, 1.807) is 18.3 Å². The number of hydrogen-bond acceptors (Lipinski definition) is 5. The summed E-state index contributed by atoms with van der Waals surface area (Å²) >= 11 is 0. The first kappa shape index (κ1) is 20.9. The van der Waals surface area contributed by atoms with Crippen LogP contribution in [0.3, 0.4) is 0 Å². The highest BCUT2D eigenvalue weighted by atomic mass is 19.1. The van der Waals surface area contributed by atoms with Crippen LogP contribution < -0.4 is 11.1 Å². The third-order valence-electron chi connectivity index (χ3n) is 5.40. The number of carbonyl (C=O) groups is 1. The Kier molecular flexibility index (Phi) is 6.18. The van der Waals surface area contributed by atoms with Gasteiger partial charge in [0, 0.05) is 17.4 Å². The van der Waals surface area contributed by atoms with E-state index in [-0.39, 0.29) is 36.1 Å². The first-order valence-electron chi connectivity index (χ1n) is 10.2. The molecule has 31 heavy (non-hydrogen) atoms. The summed E-state index contributed by atoms with van der Waals surface area (Å²) < 4.78 is 26.5. The highest BCUT2D eigenvalue weighted by Crippen LogP contribution is 2.35. The Hall–Kier alpha value is -3.39. The third-order valence-corrected chi connectivity index (χ3v) is 5.40. The molecule has 1 aromatic heterocycles. The van der Waals surface area contributed by atoms with E-state index in [4.69, 9.17) is 5.73 Å². The smallest absolute Gasteiger partial charge is 0.238 e. The highest BCUT2D eigenvalue weighted by molar-refractivity contribution is 5.92. The average Bonchev–Trinajstić information content (AvgIpc) is 2.76. The van der Waals surface area contributed by atoms with Crippen LogP contribution in [0.25, 0.3) is 11.1 Å². The summed E-state index contributed by atoms with van der Waals surface area (Å²) in [7, 11) is 0. The lowest BCUT2D eigenvalue weighted by atomic mass is 9.94. The Labute approximate surface area is 179 Å². The lowest BCUT2D eigenvalue weighted by Crippen LogP contribution is -2.40. The SMILES string of the molecule is Nc1ncc(-c2ccc(F)cc2)c(C2CCCCN2CC(=O)Nc2ccc(F)cc2)n1. The van der Waals surface area contributed by atoms with Crippen LogP contribution in [0.4, 0.5) is 20.4 Å². The van der Waals surface area contributed by atoms with E-state index < -0.39 is 0 Å². The quantitative estimate of drug-likeness (QED) is 0.644. The second-order valence-corrected chi connectivity index (χ2v) is 7.57. The number of amides is 1. The van der Waals surface area contributed by atoms with Gasteiger partial charge < -0.3 is 11.1 Å². The summed E-state index contributed by atoms with van der Waals surface area (Å²) in [5.74, 6) is -0.715. The van der Waals surface area contributed by atoms with Crippen LogP contribution in [0, 0.1) is 11.6 Å². The zero-order chi connectivity index (χ0) is 21.8. The molecule has 160 valence electrons. The largest absolute Gasteiger partial charge is 0.368 e. The monoisotopic (exact) mass is 423 g/mol. The van der Waals surface area contributed by atoms with Gasteiger partial charge in [0.05, 0.1) is 18.3 Å². The number of hydrogen-bond donors (Lipinski definition) is 2. The van der Waals surface area contributed by atoms with Gasteiger partial charge in [-0.1, -0.05) is 18.6 Å². The van der Waals surface area contributed by atoms with Gasteiger partial charge in [0.2, 0.25) is 11.9 Å². The molecule has 1 amide bonds. The number of benzene rings is 2. The van der Waals surface area contributed by atoms with Gasteiger partial charge in [-0.2, -0.15) is 0 Å². The second kappa shape index (κ2) is 9.18. The van der Waals surface area contributed by atoms with Crippen molar-refractivity contribution in [1.82, 2.24) is 14.9 Å². The van der Waals surface area contributed by atoms with E-state index in [0.29, 0.717) is 5.69 Å². The van der Waals surface area contributed by atoms with Crippen LogP contribution in [0.2, 0.25) is 0 Å². The maximum absolute atomic E-state index is 13.4. The molecule has 1 saturated heterocycles. The van der Waals surface area contributed by atoms with Crippen molar-refractivity contribution in [2.45, 2.75) is 25.3 Å². The van der Waals surface area contributed by atoms with Gasteiger partial charge >= 0.3 is 0 Å². The Morgan fingerprint density at radius 2 is 1.74 bits per heavy atom. The fourth-order valence-corrected chi connectivity index (χ4v) is 3.92. The molecule has 1 aliphatic rings. The Bertz CT molecular complexity index is 1060. The number of nitrogens with two attached hydrogens (primary N) is 1. The number of nitrogens with zero attached hydrogens (tertiary/aromatic N) is 3. The molecule has 1 unspecified atom stereocenters. The molecule has 8 heteroatoms. The summed E-state index contributed by atoms with van der Waals surface area (Å²) in [5.41, 5.74) is 8.71. The van der Waals surface area contributed by atoms with Crippen LogP contribution in [-0.4, -0.2) is 33.9 Å². The van der Waals surface area contributed by atoms with Crippen molar-refractivity contribution in [3.63, 3.8) is 0 Å². The van der Waals surface area contributed by atoms with Crippen molar-refractivity contribution < 1.29 is 13.6 Å². The van der Waals surface area contributed by atoms with E-state index in [0.717, 1.165) is 42.6 Å². The number of likely N-dealkylation sites (tertiary alicyclic amines) is 1. The molecule has 2 heterocycles. The van der Waals surface area contributed by atoms with Crippen molar-refractivity contribution in [3.8, 4) is 11.1 Å². The first-order chi connectivity index (χ1) is 15.0. The molecule has 0 aliphatic carbocycles. The third kappa shape index (κ3) is 5.03. The maximum Gasteiger partial charge on any atom is 0.238 e. The summed E-state index contributed by atoms with van der Waals surface area (Å²) in [6.07, 6.45) is 4.42. The van der Waals surface area contributed by atoms with E-state index in [9.17, 15) is 13.6 Å². The number of nitrogen functional groups attached to an aromatic ring is 1.